The van der Waals surface area contributed by atoms with E-state index in [1.54, 1.807) is 0 Å². The van der Waals surface area contributed by atoms with Gasteiger partial charge in [-0.2, -0.15) is 0 Å². The number of rotatable bonds is 3. The SMILES string of the molecule is CC(CO)c1ccc(N2CCOCC2)c(Cl)c1. The molecule has 0 aromatic heterocycles. The molecule has 0 amide bonds. The van der Waals surface area contributed by atoms with Crippen LogP contribution in [-0.4, -0.2) is 38.0 Å². The quantitative estimate of drug-likeness (QED) is 0.900. The molecule has 1 atom stereocenters. The van der Waals surface area contributed by atoms with Gasteiger partial charge < -0.3 is 14.7 Å². The van der Waals surface area contributed by atoms with Gasteiger partial charge in [0.25, 0.3) is 0 Å². The number of hydrogen-bond donors (Lipinski definition) is 1. The number of halogens is 1. The Morgan fingerprint density at radius 2 is 2.12 bits per heavy atom. The highest BCUT2D eigenvalue weighted by Crippen LogP contribution is 2.29. The molecule has 1 aromatic carbocycles. The zero-order chi connectivity index (χ0) is 12.3. The number of aliphatic hydroxyl groups is 1. The Morgan fingerprint density at radius 1 is 1.41 bits per heavy atom. The van der Waals surface area contributed by atoms with E-state index in [2.05, 4.69) is 4.90 Å². The lowest BCUT2D eigenvalue weighted by molar-refractivity contribution is 0.122. The van der Waals surface area contributed by atoms with Gasteiger partial charge in [-0.25, -0.2) is 0 Å². The van der Waals surface area contributed by atoms with E-state index < -0.39 is 0 Å². The molecule has 1 fully saturated rings. The van der Waals surface area contributed by atoms with Gasteiger partial charge in [0.15, 0.2) is 0 Å². The standard InChI is InChI=1S/C13H18ClNO2/c1-10(9-16)11-2-3-13(12(14)8-11)15-4-6-17-7-5-15/h2-3,8,10,16H,4-7,9H2,1H3. The first-order valence-electron chi connectivity index (χ1n) is 5.95. The van der Waals surface area contributed by atoms with Gasteiger partial charge in [0, 0.05) is 25.6 Å². The van der Waals surface area contributed by atoms with E-state index in [0.29, 0.717) is 0 Å². The molecule has 1 aliphatic rings. The molecule has 0 spiro atoms. The third kappa shape index (κ3) is 2.92. The molecule has 1 N–H and O–H groups in total. The summed E-state index contributed by atoms with van der Waals surface area (Å²) in [4.78, 5) is 2.24. The maximum absolute atomic E-state index is 9.13. The monoisotopic (exact) mass is 255 g/mol. The van der Waals surface area contributed by atoms with Gasteiger partial charge in [-0.1, -0.05) is 24.6 Å². The largest absolute Gasteiger partial charge is 0.396 e. The number of hydrogen-bond acceptors (Lipinski definition) is 3. The zero-order valence-electron chi connectivity index (χ0n) is 10.0. The van der Waals surface area contributed by atoms with E-state index in [9.17, 15) is 0 Å². The topological polar surface area (TPSA) is 32.7 Å². The maximum Gasteiger partial charge on any atom is 0.0642 e. The van der Waals surface area contributed by atoms with E-state index in [0.717, 1.165) is 42.6 Å². The summed E-state index contributed by atoms with van der Waals surface area (Å²) in [6.45, 7) is 5.41. The van der Waals surface area contributed by atoms with Crippen LogP contribution in [0.3, 0.4) is 0 Å². The molecular formula is C13H18ClNO2. The molecule has 1 aromatic rings. The van der Waals surface area contributed by atoms with Crippen molar-refractivity contribution in [2.24, 2.45) is 0 Å². The summed E-state index contributed by atoms with van der Waals surface area (Å²) in [5.74, 6) is 0.131. The van der Waals surface area contributed by atoms with Crippen LogP contribution in [0.25, 0.3) is 0 Å². The van der Waals surface area contributed by atoms with Crippen LogP contribution in [0.5, 0.6) is 0 Å². The molecule has 0 radical (unpaired) electrons. The fourth-order valence-corrected chi connectivity index (χ4v) is 2.30. The second-order valence-corrected chi connectivity index (χ2v) is 4.80. The summed E-state index contributed by atoms with van der Waals surface area (Å²) in [7, 11) is 0. The number of morpholine rings is 1. The Kier molecular flexibility index (Phi) is 4.26. The maximum atomic E-state index is 9.13. The van der Waals surface area contributed by atoms with Crippen molar-refractivity contribution in [1.82, 2.24) is 0 Å². The van der Waals surface area contributed by atoms with Crippen LogP contribution in [0.1, 0.15) is 18.4 Å². The molecule has 4 heteroatoms. The Hall–Kier alpha value is -0.770. The number of nitrogens with zero attached hydrogens (tertiary/aromatic N) is 1. The lowest BCUT2D eigenvalue weighted by Gasteiger charge is -2.30. The van der Waals surface area contributed by atoms with Gasteiger partial charge in [0.2, 0.25) is 0 Å². The van der Waals surface area contributed by atoms with E-state index in [1.807, 2.05) is 25.1 Å². The zero-order valence-corrected chi connectivity index (χ0v) is 10.8. The molecule has 1 aliphatic heterocycles. The third-order valence-electron chi connectivity index (χ3n) is 3.17. The normalized spacial score (nSPS) is 18.2. The van der Waals surface area contributed by atoms with Crippen molar-refractivity contribution in [2.45, 2.75) is 12.8 Å². The van der Waals surface area contributed by atoms with Crippen LogP contribution in [0.2, 0.25) is 5.02 Å². The lowest BCUT2D eigenvalue weighted by Crippen LogP contribution is -2.36. The Labute approximate surface area is 107 Å². The molecule has 0 aliphatic carbocycles. The van der Waals surface area contributed by atoms with Gasteiger partial charge in [0.1, 0.15) is 0 Å². The first-order valence-corrected chi connectivity index (χ1v) is 6.33. The van der Waals surface area contributed by atoms with Gasteiger partial charge in [-0.15, -0.1) is 0 Å². The predicted molar refractivity (Wildman–Crippen MR) is 70.0 cm³/mol. The predicted octanol–water partition coefficient (Wildman–Crippen LogP) is 2.27. The molecule has 0 bridgehead atoms. The van der Waals surface area contributed by atoms with Crippen molar-refractivity contribution in [3.63, 3.8) is 0 Å². The van der Waals surface area contributed by atoms with E-state index in [1.165, 1.54) is 0 Å². The summed E-state index contributed by atoms with van der Waals surface area (Å²) >= 11 is 6.30. The second kappa shape index (κ2) is 5.71. The molecular weight excluding hydrogens is 238 g/mol. The molecule has 1 heterocycles. The summed E-state index contributed by atoms with van der Waals surface area (Å²) in [5.41, 5.74) is 2.14. The Balaban J connectivity index is 2.18. The first-order chi connectivity index (χ1) is 8.22. The minimum Gasteiger partial charge on any atom is -0.396 e. The van der Waals surface area contributed by atoms with Crippen LogP contribution in [0, 0.1) is 0 Å². The Bertz CT molecular complexity index is 378. The van der Waals surface area contributed by atoms with Crippen LogP contribution >= 0.6 is 11.6 Å². The second-order valence-electron chi connectivity index (χ2n) is 4.39. The van der Waals surface area contributed by atoms with E-state index in [4.69, 9.17) is 21.4 Å². The van der Waals surface area contributed by atoms with Gasteiger partial charge in [-0.05, 0) is 17.7 Å². The first kappa shape index (κ1) is 12.7. The van der Waals surface area contributed by atoms with Crippen LogP contribution in [0.4, 0.5) is 5.69 Å². The number of ether oxygens (including phenoxy) is 1. The molecule has 3 nitrogen and oxygen atoms in total. The van der Waals surface area contributed by atoms with Gasteiger partial charge in [-0.3, -0.25) is 0 Å². The Morgan fingerprint density at radius 3 is 2.71 bits per heavy atom. The van der Waals surface area contributed by atoms with Crippen molar-refractivity contribution >= 4 is 17.3 Å². The summed E-state index contributed by atoms with van der Waals surface area (Å²) < 4.78 is 5.32. The minimum atomic E-state index is 0.131. The molecule has 0 saturated carbocycles. The highest BCUT2D eigenvalue weighted by molar-refractivity contribution is 6.33. The fourth-order valence-electron chi connectivity index (χ4n) is 2.00. The van der Waals surface area contributed by atoms with E-state index >= 15 is 0 Å². The average Bonchev–Trinajstić information content (AvgIpc) is 2.38. The smallest absolute Gasteiger partial charge is 0.0642 e. The van der Waals surface area contributed by atoms with Crippen molar-refractivity contribution in [3.8, 4) is 0 Å². The number of benzene rings is 1. The summed E-state index contributed by atoms with van der Waals surface area (Å²) in [6, 6.07) is 6.03. The minimum absolute atomic E-state index is 0.131. The van der Waals surface area contributed by atoms with Crippen LogP contribution in [0.15, 0.2) is 18.2 Å². The van der Waals surface area contributed by atoms with Crippen molar-refractivity contribution in [2.75, 3.05) is 37.8 Å². The van der Waals surface area contributed by atoms with Gasteiger partial charge >= 0.3 is 0 Å². The number of anilines is 1. The molecule has 2 rings (SSSR count). The van der Waals surface area contributed by atoms with Crippen molar-refractivity contribution in [3.05, 3.63) is 28.8 Å². The van der Waals surface area contributed by atoms with Crippen LogP contribution in [-0.2, 0) is 4.74 Å². The third-order valence-corrected chi connectivity index (χ3v) is 3.47. The van der Waals surface area contributed by atoms with Crippen LogP contribution < -0.4 is 4.90 Å². The molecule has 94 valence electrons. The number of aliphatic hydroxyl groups excluding tert-OH is 1. The lowest BCUT2D eigenvalue weighted by atomic mass is 10.0. The highest BCUT2D eigenvalue weighted by atomic mass is 35.5. The molecule has 1 unspecified atom stereocenters. The molecule has 17 heavy (non-hydrogen) atoms. The van der Waals surface area contributed by atoms with Crippen molar-refractivity contribution in [1.29, 1.82) is 0 Å². The average molecular weight is 256 g/mol. The van der Waals surface area contributed by atoms with E-state index in [-0.39, 0.29) is 12.5 Å². The summed E-state index contributed by atoms with van der Waals surface area (Å²) in [5, 5.41) is 9.88. The van der Waals surface area contributed by atoms with Crippen molar-refractivity contribution < 1.29 is 9.84 Å². The van der Waals surface area contributed by atoms with Gasteiger partial charge in [0.05, 0.1) is 23.9 Å². The fraction of sp³-hybridized carbons (Fsp3) is 0.538. The highest BCUT2D eigenvalue weighted by Gasteiger charge is 2.15. The summed E-state index contributed by atoms with van der Waals surface area (Å²) in [6.07, 6.45) is 0. The molecule has 1 saturated heterocycles.